The molecule has 0 aliphatic carbocycles. The predicted molar refractivity (Wildman–Crippen MR) is 48.5 cm³/mol. The molecule has 0 bridgehead atoms. The van der Waals surface area contributed by atoms with E-state index in [0.29, 0.717) is 5.56 Å². The molecule has 0 saturated carbocycles. The molecule has 4 heteroatoms. The van der Waals surface area contributed by atoms with Crippen molar-refractivity contribution in [3.63, 3.8) is 0 Å². The van der Waals surface area contributed by atoms with E-state index >= 15 is 0 Å². The quantitative estimate of drug-likeness (QED) is 0.432. The maximum atomic E-state index is 10.2. The van der Waals surface area contributed by atoms with E-state index in [0.717, 1.165) is 0 Å². The van der Waals surface area contributed by atoms with Gasteiger partial charge < -0.3 is 5.11 Å². The van der Waals surface area contributed by atoms with Crippen molar-refractivity contribution in [2.24, 2.45) is 0 Å². The van der Waals surface area contributed by atoms with E-state index in [1.807, 2.05) is 0 Å². The number of aliphatic hydroxyl groups excluding tert-OH is 1. The van der Waals surface area contributed by atoms with E-state index < -0.39 is 11.2 Å². The molecule has 0 spiro atoms. The summed E-state index contributed by atoms with van der Waals surface area (Å²) in [5, 5.41) is 19.3. The van der Waals surface area contributed by atoms with Gasteiger partial charge in [-0.15, -0.1) is 0 Å². The Kier molecular flexibility index (Phi) is 2.76. The van der Waals surface area contributed by atoms with Crippen molar-refractivity contribution >= 4 is 5.57 Å². The van der Waals surface area contributed by atoms with Gasteiger partial charge >= 0.3 is 6.23 Å². The molecule has 1 aromatic carbocycles. The summed E-state index contributed by atoms with van der Waals surface area (Å²) in [5.41, 5.74) is 0.678. The van der Waals surface area contributed by atoms with Gasteiger partial charge in [-0.3, -0.25) is 10.1 Å². The molecular weight excluding hydrogens is 170 g/mol. The van der Waals surface area contributed by atoms with E-state index in [1.54, 1.807) is 30.3 Å². The van der Waals surface area contributed by atoms with Crippen LogP contribution >= 0.6 is 0 Å². The van der Waals surface area contributed by atoms with Crippen LogP contribution in [-0.4, -0.2) is 16.3 Å². The minimum atomic E-state index is -1.72. The van der Waals surface area contributed by atoms with Crippen molar-refractivity contribution in [2.45, 2.75) is 6.23 Å². The molecule has 1 aromatic rings. The Morgan fingerprint density at radius 2 is 2.00 bits per heavy atom. The van der Waals surface area contributed by atoms with Gasteiger partial charge in [-0.1, -0.05) is 36.9 Å². The second-order valence-corrected chi connectivity index (χ2v) is 2.55. The monoisotopic (exact) mass is 179 g/mol. The van der Waals surface area contributed by atoms with Gasteiger partial charge in [0, 0.05) is 0 Å². The number of hydrogen-bond donors (Lipinski definition) is 1. The Balaban J connectivity index is 2.86. The zero-order valence-electron chi connectivity index (χ0n) is 6.88. The third kappa shape index (κ3) is 2.13. The fourth-order valence-electron chi connectivity index (χ4n) is 0.929. The summed E-state index contributed by atoms with van der Waals surface area (Å²) in [6.45, 7) is 3.45. The summed E-state index contributed by atoms with van der Waals surface area (Å²) in [4.78, 5) is 9.43. The van der Waals surface area contributed by atoms with E-state index in [4.69, 9.17) is 5.11 Å². The lowest BCUT2D eigenvalue weighted by Crippen LogP contribution is -2.19. The first-order valence-corrected chi connectivity index (χ1v) is 3.68. The average Bonchev–Trinajstić information content (AvgIpc) is 2.17. The van der Waals surface area contributed by atoms with Gasteiger partial charge in [0.1, 0.15) is 0 Å². The van der Waals surface area contributed by atoms with Crippen LogP contribution in [0.5, 0.6) is 0 Å². The Morgan fingerprint density at radius 3 is 2.46 bits per heavy atom. The molecule has 1 rings (SSSR count). The van der Waals surface area contributed by atoms with Crippen LogP contribution in [0.3, 0.4) is 0 Å². The Labute approximate surface area is 75.3 Å². The highest BCUT2D eigenvalue weighted by Gasteiger charge is 2.20. The van der Waals surface area contributed by atoms with Crippen molar-refractivity contribution in [1.82, 2.24) is 0 Å². The minimum absolute atomic E-state index is 0.102. The Morgan fingerprint density at radius 1 is 1.46 bits per heavy atom. The van der Waals surface area contributed by atoms with E-state index in [-0.39, 0.29) is 5.57 Å². The van der Waals surface area contributed by atoms with Crippen LogP contribution in [0.1, 0.15) is 5.56 Å². The smallest absolute Gasteiger partial charge is 0.329 e. The molecule has 1 unspecified atom stereocenters. The SMILES string of the molecule is C=C(c1ccccc1)C(O)[N+](=O)[O-]. The number of benzene rings is 1. The summed E-state index contributed by atoms with van der Waals surface area (Å²) in [6.07, 6.45) is -1.72. The van der Waals surface area contributed by atoms with Gasteiger partial charge in [-0.05, 0) is 5.56 Å². The van der Waals surface area contributed by atoms with Crippen LogP contribution in [0.4, 0.5) is 0 Å². The molecule has 0 saturated heterocycles. The lowest BCUT2D eigenvalue weighted by Gasteiger charge is -2.05. The maximum Gasteiger partial charge on any atom is 0.339 e. The molecule has 1 N–H and O–H groups in total. The summed E-state index contributed by atoms with van der Waals surface area (Å²) >= 11 is 0. The summed E-state index contributed by atoms with van der Waals surface area (Å²) < 4.78 is 0. The molecule has 68 valence electrons. The Hall–Kier alpha value is -1.68. The highest BCUT2D eigenvalue weighted by Crippen LogP contribution is 2.15. The Bertz CT molecular complexity index is 321. The maximum absolute atomic E-state index is 10.2. The highest BCUT2D eigenvalue weighted by atomic mass is 16.7. The lowest BCUT2D eigenvalue weighted by atomic mass is 10.1. The van der Waals surface area contributed by atoms with Crippen molar-refractivity contribution in [1.29, 1.82) is 0 Å². The van der Waals surface area contributed by atoms with Crippen molar-refractivity contribution in [3.8, 4) is 0 Å². The molecule has 0 radical (unpaired) electrons. The van der Waals surface area contributed by atoms with Crippen LogP contribution in [0.25, 0.3) is 5.57 Å². The number of rotatable bonds is 3. The van der Waals surface area contributed by atoms with Crippen LogP contribution < -0.4 is 0 Å². The average molecular weight is 179 g/mol. The highest BCUT2D eigenvalue weighted by molar-refractivity contribution is 5.64. The minimum Gasteiger partial charge on any atom is -0.329 e. The first-order valence-electron chi connectivity index (χ1n) is 3.68. The molecule has 0 aromatic heterocycles. The molecule has 0 heterocycles. The van der Waals surface area contributed by atoms with Crippen molar-refractivity contribution in [2.75, 3.05) is 0 Å². The van der Waals surface area contributed by atoms with E-state index in [1.165, 1.54) is 0 Å². The summed E-state index contributed by atoms with van der Waals surface area (Å²) in [6, 6.07) is 8.57. The topological polar surface area (TPSA) is 63.4 Å². The number of aliphatic hydroxyl groups is 1. The largest absolute Gasteiger partial charge is 0.339 e. The van der Waals surface area contributed by atoms with Crippen molar-refractivity contribution < 1.29 is 10.0 Å². The summed E-state index contributed by atoms with van der Waals surface area (Å²) in [5.74, 6) is 0. The molecule has 13 heavy (non-hydrogen) atoms. The second kappa shape index (κ2) is 3.82. The number of nitro groups is 1. The van der Waals surface area contributed by atoms with Gasteiger partial charge in [0.15, 0.2) is 0 Å². The standard InChI is InChI=1S/C9H9NO3/c1-7(9(11)10(12)13)8-5-3-2-4-6-8/h2-6,9,11H,1H2. The predicted octanol–water partition coefficient (Wildman–Crippen LogP) is 1.29. The normalized spacial score (nSPS) is 12.1. The fraction of sp³-hybridized carbons (Fsp3) is 0.111. The second-order valence-electron chi connectivity index (χ2n) is 2.55. The van der Waals surface area contributed by atoms with E-state index in [2.05, 4.69) is 6.58 Å². The van der Waals surface area contributed by atoms with Crippen LogP contribution in [0.15, 0.2) is 36.9 Å². The molecule has 4 nitrogen and oxygen atoms in total. The number of nitrogens with zero attached hydrogens (tertiary/aromatic N) is 1. The molecule has 0 amide bonds. The zero-order chi connectivity index (χ0) is 9.84. The van der Waals surface area contributed by atoms with Crippen LogP contribution in [0.2, 0.25) is 0 Å². The van der Waals surface area contributed by atoms with Gasteiger partial charge in [0.05, 0.1) is 10.5 Å². The fourth-order valence-corrected chi connectivity index (χ4v) is 0.929. The third-order valence-corrected chi connectivity index (χ3v) is 1.66. The number of hydrogen-bond acceptors (Lipinski definition) is 3. The van der Waals surface area contributed by atoms with Crippen LogP contribution in [0, 0.1) is 10.1 Å². The van der Waals surface area contributed by atoms with E-state index in [9.17, 15) is 10.1 Å². The first kappa shape index (κ1) is 9.41. The molecule has 1 atom stereocenters. The molecular formula is C9H9NO3. The molecule has 0 aliphatic heterocycles. The first-order chi connectivity index (χ1) is 6.13. The lowest BCUT2D eigenvalue weighted by molar-refractivity contribution is -0.551. The molecule has 0 aliphatic rings. The molecule has 0 fully saturated rings. The van der Waals surface area contributed by atoms with Crippen LogP contribution in [-0.2, 0) is 0 Å². The van der Waals surface area contributed by atoms with Crippen molar-refractivity contribution in [3.05, 3.63) is 52.6 Å². The van der Waals surface area contributed by atoms with Gasteiger partial charge in [-0.25, -0.2) is 0 Å². The summed E-state index contributed by atoms with van der Waals surface area (Å²) in [7, 11) is 0. The van der Waals surface area contributed by atoms with Gasteiger partial charge in [0.25, 0.3) is 0 Å². The third-order valence-electron chi connectivity index (χ3n) is 1.66. The van der Waals surface area contributed by atoms with Gasteiger partial charge in [0.2, 0.25) is 0 Å². The van der Waals surface area contributed by atoms with Gasteiger partial charge in [-0.2, -0.15) is 0 Å². The zero-order valence-corrected chi connectivity index (χ0v) is 6.88.